The van der Waals surface area contributed by atoms with Crippen LogP contribution in [-0.2, 0) is 16.0 Å². The Kier molecular flexibility index (Phi) is 7.83. The van der Waals surface area contributed by atoms with E-state index in [0.29, 0.717) is 24.3 Å². The van der Waals surface area contributed by atoms with Crippen LogP contribution in [0.25, 0.3) is 0 Å². The van der Waals surface area contributed by atoms with Crippen molar-refractivity contribution in [3.63, 3.8) is 0 Å². The predicted molar refractivity (Wildman–Crippen MR) is 141 cm³/mol. The number of carbonyl (C=O) groups excluding carboxylic acids is 3. The molecule has 3 aromatic carbocycles. The van der Waals surface area contributed by atoms with Crippen molar-refractivity contribution in [1.29, 1.82) is 0 Å². The van der Waals surface area contributed by atoms with Gasteiger partial charge in [-0.15, -0.1) is 0 Å². The Balaban J connectivity index is 1.31. The van der Waals surface area contributed by atoms with Gasteiger partial charge in [-0.25, -0.2) is 9.59 Å². The first-order valence-electron chi connectivity index (χ1n) is 12.0. The molecule has 3 aromatic rings. The molecule has 37 heavy (non-hydrogen) atoms. The Morgan fingerprint density at radius 1 is 0.865 bits per heavy atom. The number of rotatable bonds is 7. The molecule has 9 nitrogen and oxygen atoms in total. The van der Waals surface area contributed by atoms with E-state index in [1.54, 1.807) is 29.2 Å². The second-order valence-corrected chi connectivity index (χ2v) is 8.88. The maximum Gasteiger partial charge on any atom is 0.335 e. The summed E-state index contributed by atoms with van der Waals surface area (Å²) in [5.41, 5.74) is 3.65. The molecule has 1 aliphatic heterocycles. The number of carboxylic acid groups (broad SMARTS) is 1. The number of amides is 4. The molecule has 0 saturated carbocycles. The minimum Gasteiger partial charge on any atom is -0.478 e. The van der Waals surface area contributed by atoms with E-state index in [0.717, 1.165) is 23.2 Å². The number of anilines is 3. The van der Waals surface area contributed by atoms with Crippen LogP contribution in [-0.4, -0.2) is 46.4 Å². The zero-order valence-corrected chi connectivity index (χ0v) is 20.4. The van der Waals surface area contributed by atoms with Gasteiger partial charge in [0.25, 0.3) is 0 Å². The van der Waals surface area contributed by atoms with Crippen molar-refractivity contribution >= 4 is 40.9 Å². The van der Waals surface area contributed by atoms with Crippen molar-refractivity contribution in [3.05, 3.63) is 89.5 Å². The van der Waals surface area contributed by atoms with Gasteiger partial charge in [-0.1, -0.05) is 30.3 Å². The molecule has 1 aliphatic rings. The molecule has 4 N–H and O–H groups in total. The van der Waals surface area contributed by atoms with E-state index in [1.165, 1.54) is 24.3 Å². The van der Waals surface area contributed by atoms with Gasteiger partial charge >= 0.3 is 12.0 Å². The molecular formula is C28H28N4O5. The zero-order valence-electron chi connectivity index (χ0n) is 20.4. The van der Waals surface area contributed by atoms with Crippen molar-refractivity contribution in [2.24, 2.45) is 0 Å². The van der Waals surface area contributed by atoms with Crippen LogP contribution in [0.1, 0.15) is 34.3 Å². The lowest BCUT2D eigenvalue weighted by Gasteiger charge is -2.24. The molecular weight excluding hydrogens is 472 g/mol. The summed E-state index contributed by atoms with van der Waals surface area (Å²) in [5.74, 6) is -1.50. The SMILES string of the molecule is Cc1ccccc1NC(=O)Nc1ccc(CC(=O)N2CCC[C@H]2C(=O)Nc2ccc(C(=O)O)cc2)cc1. The summed E-state index contributed by atoms with van der Waals surface area (Å²) in [6.45, 7) is 2.40. The van der Waals surface area contributed by atoms with Crippen molar-refractivity contribution in [2.75, 3.05) is 22.5 Å². The lowest BCUT2D eigenvalue weighted by atomic mass is 10.1. The quantitative estimate of drug-likeness (QED) is 0.380. The molecule has 1 saturated heterocycles. The van der Waals surface area contributed by atoms with Gasteiger partial charge in [0.1, 0.15) is 6.04 Å². The lowest BCUT2D eigenvalue weighted by molar-refractivity contribution is -0.136. The van der Waals surface area contributed by atoms with E-state index in [2.05, 4.69) is 16.0 Å². The highest BCUT2D eigenvalue weighted by Gasteiger charge is 2.34. The summed E-state index contributed by atoms with van der Waals surface area (Å²) in [6, 6.07) is 19.4. The van der Waals surface area contributed by atoms with Gasteiger partial charge in [-0.05, 0) is 73.4 Å². The molecule has 0 unspecified atom stereocenters. The van der Waals surface area contributed by atoms with Crippen LogP contribution in [0.4, 0.5) is 21.9 Å². The number of carbonyl (C=O) groups is 4. The molecule has 4 amide bonds. The summed E-state index contributed by atoms with van der Waals surface area (Å²) in [6.07, 6.45) is 1.41. The van der Waals surface area contributed by atoms with Gasteiger partial charge < -0.3 is 26.0 Å². The van der Waals surface area contributed by atoms with Gasteiger partial charge in [0.2, 0.25) is 11.8 Å². The largest absolute Gasteiger partial charge is 0.478 e. The highest BCUT2D eigenvalue weighted by molar-refractivity contribution is 6.00. The highest BCUT2D eigenvalue weighted by atomic mass is 16.4. The number of aromatic carboxylic acids is 1. The minimum absolute atomic E-state index is 0.129. The standard InChI is InChI=1S/C28H28N4O5/c1-18-5-2-3-6-23(18)31-28(37)30-22-12-8-19(9-13-22)17-25(33)32-16-4-7-24(32)26(34)29-21-14-10-20(11-15-21)27(35)36/h2-3,5-6,8-15,24H,4,7,16-17H2,1H3,(H,29,34)(H,35,36)(H2,30,31,37)/t24-/m0/s1. The number of benzene rings is 3. The Bertz CT molecular complexity index is 1300. The van der Waals surface area contributed by atoms with Gasteiger partial charge in [0, 0.05) is 23.6 Å². The fraction of sp³-hybridized carbons (Fsp3) is 0.214. The molecule has 4 rings (SSSR count). The fourth-order valence-corrected chi connectivity index (χ4v) is 4.24. The predicted octanol–water partition coefficient (Wildman–Crippen LogP) is 4.51. The number of hydrogen-bond acceptors (Lipinski definition) is 4. The molecule has 190 valence electrons. The third-order valence-electron chi connectivity index (χ3n) is 6.24. The van der Waals surface area contributed by atoms with Crippen LogP contribution >= 0.6 is 0 Å². The summed E-state index contributed by atoms with van der Waals surface area (Å²) < 4.78 is 0. The molecule has 9 heteroatoms. The third-order valence-corrected chi connectivity index (χ3v) is 6.24. The van der Waals surface area contributed by atoms with Crippen molar-refractivity contribution in [2.45, 2.75) is 32.2 Å². The number of para-hydroxylation sites is 1. The smallest absolute Gasteiger partial charge is 0.335 e. The van der Waals surface area contributed by atoms with Crippen LogP contribution < -0.4 is 16.0 Å². The molecule has 0 radical (unpaired) electrons. The monoisotopic (exact) mass is 500 g/mol. The van der Waals surface area contributed by atoms with Gasteiger partial charge in [0.15, 0.2) is 0 Å². The lowest BCUT2D eigenvalue weighted by Crippen LogP contribution is -2.43. The summed E-state index contributed by atoms with van der Waals surface area (Å²) in [7, 11) is 0. The number of carboxylic acids is 1. The topological polar surface area (TPSA) is 128 Å². The van der Waals surface area contributed by atoms with E-state index in [4.69, 9.17) is 5.11 Å². The molecule has 0 bridgehead atoms. The first-order chi connectivity index (χ1) is 17.8. The number of urea groups is 1. The van der Waals surface area contributed by atoms with Crippen LogP contribution in [0, 0.1) is 6.92 Å². The summed E-state index contributed by atoms with van der Waals surface area (Å²) >= 11 is 0. The second kappa shape index (κ2) is 11.4. The van der Waals surface area contributed by atoms with E-state index in [9.17, 15) is 19.2 Å². The van der Waals surface area contributed by atoms with E-state index < -0.39 is 12.0 Å². The van der Waals surface area contributed by atoms with Gasteiger partial charge in [-0.3, -0.25) is 9.59 Å². The Morgan fingerprint density at radius 3 is 2.19 bits per heavy atom. The van der Waals surface area contributed by atoms with E-state index >= 15 is 0 Å². The van der Waals surface area contributed by atoms with Crippen LogP contribution in [0.15, 0.2) is 72.8 Å². The Morgan fingerprint density at radius 2 is 1.51 bits per heavy atom. The number of nitrogens with one attached hydrogen (secondary N) is 3. The van der Waals surface area contributed by atoms with Gasteiger partial charge in [0.05, 0.1) is 12.0 Å². The number of hydrogen-bond donors (Lipinski definition) is 4. The molecule has 0 spiro atoms. The van der Waals surface area contributed by atoms with Crippen molar-refractivity contribution in [1.82, 2.24) is 4.90 Å². The fourth-order valence-electron chi connectivity index (χ4n) is 4.24. The maximum atomic E-state index is 13.0. The minimum atomic E-state index is -1.04. The number of nitrogens with zero attached hydrogens (tertiary/aromatic N) is 1. The van der Waals surface area contributed by atoms with Crippen molar-refractivity contribution < 1.29 is 24.3 Å². The van der Waals surface area contributed by atoms with E-state index in [1.807, 2.05) is 31.2 Å². The zero-order chi connectivity index (χ0) is 26.4. The highest BCUT2D eigenvalue weighted by Crippen LogP contribution is 2.22. The second-order valence-electron chi connectivity index (χ2n) is 8.88. The normalized spacial score (nSPS) is 14.6. The molecule has 1 atom stereocenters. The van der Waals surface area contributed by atoms with E-state index in [-0.39, 0.29) is 29.8 Å². The van der Waals surface area contributed by atoms with Crippen LogP contribution in [0.2, 0.25) is 0 Å². The first-order valence-corrected chi connectivity index (χ1v) is 12.0. The molecule has 1 heterocycles. The Labute approximate surface area is 214 Å². The number of aryl methyl sites for hydroxylation is 1. The average molecular weight is 501 g/mol. The average Bonchev–Trinajstić information content (AvgIpc) is 3.37. The van der Waals surface area contributed by atoms with Crippen LogP contribution in [0.5, 0.6) is 0 Å². The van der Waals surface area contributed by atoms with Crippen LogP contribution in [0.3, 0.4) is 0 Å². The summed E-state index contributed by atoms with van der Waals surface area (Å²) in [5, 5.41) is 17.4. The molecule has 0 aliphatic carbocycles. The first kappa shape index (κ1) is 25.4. The number of likely N-dealkylation sites (tertiary alicyclic amines) is 1. The third kappa shape index (κ3) is 6.52. The molecule has 0 aromatic heterocycles. The summed E-state index contributed by atoms with van der Waals surface area (Å²) in [4.78, 5) is 50.7. The molecule has 1 fully saturated rings. The van der Waals surface area contributed by atoms with Crippen molar-refractivity contribution in [3.8, 4) is 0 Å². The Hall–Kier alpha value is -4.66. The van der Waals surface area contributed by atoms with Gasteiger partial charge in [-0.2, -0.15) is 0 Å². The maximum absolute atomic E-state index is 13.0.